The van der Waals surface area contributed by atoms with Crippen LogP contribution < -0.4 is 14.9 Å². The third-order valence-electron chi connectivity index (χ3n) is 6.02. The highest BCUT2D eigenvalue weighted by Gasteiger charge is 2.33. The van der Waals surface area contributed by atoms with Gasteiger partial charge in [-0.15, -0.1) is 0 Å². The molecule has 2 heterocycles. The fourth-order valence-corrected chi connectivity index (χ4v) is 5.08. The number of ether oxygens (including phenoxy) is 2. The lowest BCUT2D eigenvalue weighted by molar-refractivity contribution is -0.140. The highest BCUT2D eigenvalue weighted by Crippen LogP contribution is 2.31. The number of hydrogen-bond acceptors (Lipinski definition) is 6. The Morgan fingerprint density at radius 1 is 1.11 bits per heavy atom. The van der Waals surface area contributed by atoms with Gasteiger partial charge >= 0.3 is 5.97 Å². The summed E-state index contributed by atoms with van der Waals surface area (Å²) < 4.78 is 12.6. The molecule has 7 heteroatoms. The van der Waals surface area contributed by atoms with Crippen LogP contribution in [0.5, 0.6) is 0 Å². The molecule has 1 aromatic heterocycles. The maximum atomic E-state index is 13.6. The molecule has 1 atom stereocenters. The number of thiazole rings is 1. The molecular weight excluding hydrogens is 472 g/mol. The van der Waals surface area contributed by atoms with E-state index in [1.165, 1.54) is 16.9 Å². The summed E-state index contributed by atoms with van der Waals surface area (Å²) in [7, 11) is 1.55. The highest BCUT2D eigenvalue weighted by atomic mass is 32.1. The van der Waals surface area contributed by atoms with E-state index in [2.05, 4.69) is 18.8 Å². The van der Waals surface area contributed by atoms with E-state index in [-0.39, 0.29) is 12.2 Å². The molecule has 0 radical (unpaired) electrons. The summed E-state index contributed by atoms with van der Waals surface area (Å²) in [4.78, 5) is 32.0. The van der Waals surface area contributed by atoms with Crippen molar-refractivity contribution in [3.63, 3.8) is 0 Å². The predicted octanol–water partition coefficient (Wildman–Crippen LogP) is 4.21. The summed E-state index contributed by atoms with van der Waals surface area (Å²) in [6.45, 7) is 6.46. The van der Waals surface area contributed by atoms with Gasteiger partial charge in [0, 0.05) is 7.11 Å². The highest BCUT2D eigenvalue weighted by molar-refractivity contribution is 7.07. The maximum absolute atomic E-state index is 13.6. The monoisotopic (exact) mass is 502 g/mol. The lowest BCUT2D eigenvalue weighted by Gasteiger charge is -2.25. The Bertz CT molecular complexity index is 1460. The summed E-state index contributed by atoms with van der Waals surface area (Å²) in [5.41, 5.74) is 3.78. The van der Waals surface area contributed by atoms with E-state index in [0.717, 1.165) is 11.1 Å². The van der Waals surface area contributed by atoms with Crippen LogP contribution in [-0.4, -0.2) is 30.9 Å². The Morgan fingerprint density at radius 2 is 1.83 bits per heavy atom. The number of aromatic nitrogens is 1. The van der Waals surface area contributed by atoms with Crippen LogP contribution in [0.15, 0.2) is 81.7 Å². The molecule has 186 valence electrons. The Labute approximate surface area is 214 Å². The number of carbonyl (C=O) groups excluding carboxylic acids is 1. The molecule has 1 aliphatic rings. The summed E-state index contributed by atoms with van der Waals surface area (Å²) in [6, 6.07) is 17.3. The van der Waals surface area contributed by atoms with E-state index in [1.807, 2.05) is 66.7 Å². The normalized spacial score (nSPS) is 15.9. The van der Waals surface area contributed by atoms with Crippen LogP contribution in [0.1, 0.15) is 49.4 Å². The van der Waals surface area contributed by atoms with Gasteiger partial charge in [0.25, 0.3) is 5.56 Å². The molecule has 4 rings (SSSR count). The van der Waals surface area contributed by atoms with E-state index in [4.69, 9.17) is 9.47 Å². The van der Waals surface area contributed by atoms with E-state index < -0.39 is 12.0 Å². The van der Waals surface area contributed by atoms with Crippen LogP contribution in [0.2, 0.25) is 0 Å². The Morgan fingerprint density at radius 3 is 2.50 bits per heavy atom. The van der Waals surface area contributed by atoms with Gasteiger partial charge in [-0.05, 0) is 35.6 Å². The van der Waals surface area contributed by atoms with Crippen molar-refractivity contribution in [1.82, 2.24) is 4.57 Å². The minimum Gasteiger partial charge on any atom is -0.460 e. The van der Waals surface area contributed by atoms with Gasteiger partial charge in [-0.3, -0.25) is 9.36 Å². The lowest BCUT2D eigenvalue weighted by atomic mass is 9.93. The zero-order valence-corrected chi connectivity index (χ0v) is 21.7. The van der Waals surface area contributed by atoms with Gasteiger partial charge in [0.2, 0.25) is 0 Å². The number of methoxy groups -OCH3 is 1. The van der Waals surface area contributed by atoms with E-state index in [1.54, 1.807) is 24.7 Å². The van der Waals surface area contributed by atoms with Crippen LogP contribution in [-0.2, 0) is 14.3 Å². The molecule has 0 N–H and O–H groups in total. The molecule has 0 fully saturated rings. The molecule has 0 saturated heterocycles. The molecule has 3 aromatic rings. The molecule has 6 nitrogen and oxygen atoms in total. The number of benzene rings is 2. The summed E-state index contributed by atoms with van der Waals surface area (Å²) in [5.74, 6) is -0.127. The first-order chi connectivity index (χ1) is 17.4. The maximum Gasteiger partial charge on any atom is 0.338 e. The summed E-state index contributed by atoms with van der Waals surface area (Å²) in [5, 5.41) is 0. The van der Waals surface area contributed by atoms with Crippen molar-refractivity contribution in [2.45, 2.75) is 32.7 Å². The minimum atomic E-state index is -0.627. The molecule has 0 saturated carbocycles. The summed E-state index contributed by atoms with van der Waals surface area (Å²) in [6.07, 6.45) is 5.61. The lowest BCUT2D eigenvalue weighted by Crippen LogP contribution is -2.40. The molecular formula is C29H30N2O4S. The molecule has 2 aromatic carbocycles. The number of hydrogen-bond donors (Lipinski definition) is 0. The first kappa shape index (κ1) is 25.5. The van der Waals surface area contributed by atoms with Gasteiger partial charge < -0.3 is 9.47 Å². The average molecular weight is 503 g/mol. The third kappa shape index (κ3) is 5.48. The Kier molecular flexibility index (Phi) is 8.13. The second-order valence-electron chi connectivity index (χ2n) is 8.82. The molecule has 1 aliphatic heterocycles. The van der Waals surface area contributed by atoms with Crippen LogP contribution in [0.25, 0.3) is 12.2 Å². The number of nitrogens with zero attached hydrogens (tertiary/aromatic N) is 2. The second-order valence-corrected chi connectivity index (χ2v) is 9.83. The van der Waals surface area contributed by atoms with Gasteiger partial charge in [0.05, 0.1) is 28.5 Å². The molecule has 0 amide bonds. The molecule has 0 aliphatic carbocycles. The van der Waals surface area contributed by atoms with E-state index in [0.29, 0.717) is 33.1 Å². The topological polar surface area (TPSA) is 69.9 Å². The smallest absolute Gasteiger partial charge is 0.338 e. The number of rotatable bonds is 8. The first-order valence-corrected chi connectivity index (χ1v) is 12.7. The van der Waals surface area contributed by atoms with Crippen LogP contribution in [0.4, 0.5) is 0 Å². The Balaban J connectivity index is 1.81. The summed E-state index contributed by atoms with van der Waals surface area (Å²) >= 11 is 1.31. The van der Waals surface area contributed by atoms with Crippen molar-refractivity contribution < 1.29 is 14.3 Å². The van der Waals surface area contributed by atoms with Crippen molar-refractivity contribution >= 4 is 29.5 Å². The van der Waals surface area contributed by atoms with Gasteiger partial charge in [0.15, 0.2) is 4.80 Å². The standard InChI is InChI=1S/C29H30N2O4S/c1-19(2)22-13-15-23(16-14-22)26-25(28(33)35-18-17-34-4)20(3)30-29-31(26)27(32)24(36-29)12-8-11-21-9-6-5-7-10-21/h5-16,19,26H,17-18H2,1-4H3. The quantitative estimate of drug-likeness (QED) is 0.342. The van der Waals surface area contributed by atoms with Crippen molar-refractivity contribution in [1.29, 1.82) is 0 Å². The van der Waals surface area contributed by atoms with Gasteiger partial charge in [-0.25, -0.2) is 9.79 Å². The SMILES string of the molecule is COCCOC(=O)C1=C(C)N=c2sc(=CC=Cc3ccccc3)c(=O)n2C1c1ccc(C(C)C)cc1. The largest absolute Gasteiger partial charge is 0.460 e. The van der Waals surface area contributed by atoms with Crippen LogP contribution >= 0.6 is 11.3 Å². The average Bonchev–Trinajstić information content (AvgIpc) is 3.18. The predicted molar refractivity (Wildman–Crippen MR) is 144 cm³/mol. The van der Waals surface area contributed by atoms with Crippen molar-refractivity contribution in [3.8, 4) is 0 Å². The number of allylic oxidation sites excluding steroid dienone is 2. The van der Waals surface area contributed by atoms with Crippen LogP contribution in [0, 0.1) is 0 Å². The minimum absolute atomic E-state index is 0.125. The molecule has 0 spiro atoms. The third-order valence-corrected chi connectivity index (χ3v) is 7.02. The molecule has 0 bridgehead atoms. The second kappa shape index (κ2) is 11.5. The fourth-order valence-electron chi connectivity index (χ4n) is 4.08. The van der Waals surface area contributed by atoms with E-state index >= 15 is 0 Å². The molecule has 36 heavy (non-hydrogen) atoms. The van der Waals surface area contributed by atoms with Crippen molar-refractivity contribution in [2.75, 3.05) is 20.3 Å². The van der Waals surface area contributed by atoms with Crippen molar-refractivity contribution in [3.05, 3.63) is 108 Å². The van der Waals surface area contributed by atoms with Crippen molar-refractivity contribution in [2.24, 2.45) is 4.99 Å². The van der Waals surface area contributed by atoms with Gasteiger partial charge in [-0.2, -0.15) is 0 Å². The zero-order chi connectivity index (χ0) is 25.7. The number of fused-ring (bicyclic) bond motifs is 1. The first-order valence-electron chi connectivity index (χ1n) is 11.9. The van der Waals surface area contributed by atoms with Crippen LogP contribution in [0.3, 0.4) is 0 Å². The number of carbonyl (C=O) groups is 1. The Hall–Kier alpha value is -3.55. The van der Waals surface area contributed by atoms with Gasteiger partial charge in [0.1, 0.15) is 6.61 Å². The fraction of sp³-hybridized carbons (Fsp3) is 0.276. The zero-order valence-electron chi connectivity index (χ0n) is 20.9. The van der Waals surface area contributed by atoms with Gasteiger partial charge in [-0.1, -0.05) is 91.9 Å². The molecule has 1 unspecified atom stereocenters. The number of esters is 1. The van der Waals surface area contributed by atoms with E-state index in [9.17, 15) is 9.59 Å².